The van der Waals surface area contributed by atoms with Gasteiger partial charge in [-0.05, 0) is 29.8 Å². The monoisotopic (exact) mass is 238 g/mol. The molecular formula is C16H14O2. The number of hydrogen-bond acceptors (Lipinski definition) is 2. The third kappa shape index (κ3) is 3.65. The Hall–Kier alpha value is -2.24. The van der Waals surface area contributed by atoms with Crippen LogP contribution in [0.5, 0.6) is 11.5 Å². The second kappa shape index (κ2) is 6.48. The molecule has 0 unspecified atom stereocenters. The van der Waals surface area contributed by atoms with Crippen molar-refractivity contribution < 1.29 is 9.47 Å². The van der Waals surface area contributed by atoms with E-state index in [1.54, 1.807) is 0 Å². The van der Waals surface area contributed by atoms with E-state index in [2.05, 4.69) is 5.92 Å². The van der Waals surface area contributed by atoms with Crippen LogP contribution in [-0.2, 0) is 11.3 Å². The zero-order valence-corrected chi connectivity index (χ0v) is 10.0. The van der Waals surface area contributed by atoms with Gasteiger partial charge in [0.15, 0.2) is 0 Å². The number of benzene rings is 2. The Morgan fingerprint density at radius 3 is 2.50 bits per heavy atom. The van der Waals surface area contributed by atoms with Crippen molar-refractivity contribution in [1.29, 1.82) is 0 Å². The number of para-hydroxylation sites is 1. The molecule has 0 aliphatic heterocycles. The first-order valence-corrected chi connectivity index (χ1v) is 5.71. The molecule has 0 saturated carbocycles. The molecule has 2 nitrogen and oxygen atoms in total. The molecule has 0 atom stereocenters. The van der Waals surface area contributed by atoms with Crippen LogP contribution in [0.15, 0.2) is 54.6 Å². The molecule has 0 amide bonds. The van der Waals surface area contributed by atoms with Crippen LogP contribution in [-0.4, -0.2) is 6.61 Å². The normalized spacial score (nSPS) is 9.72. The van der Waals surface area contributed by atoms with Gasteiger partial charge in [-0.2, -0.15) is 0 Å². The molecule has 2 heteroatoms. The highest BCUT2D eigenvalue weighted by atomic mass is 16.5. The van der Waals surface area contributed by atoms with Gasteiger partial charge in [-0.1, -0.05) is 36.3 Å². The zero-order valence-electron chi connectivity index (χ0n) is 10.0. The van der Waals surface area contributed by atoms with Gasteiger partial charge in [0.25, 0.3) is 0 Å². The smallest absolute Gasteiger partial charge is 0.127 e. The molecule has 0 spiro atoms. The molecule has 2 aromatic carbocycles. The zero-order chi connectivity index (χ0) is 12.6. The standard InChI is InChI=1S/C16H14O2/c1-2-11-17-13-14-7-6-10-16(12-14)18-15-8-4-3-5-9-15/h1,3-10,12H,11,13H2. The molecule has 0 aliphatic rings. The van der Waals surface area contributed by atoms with E-state index in [1.165, 1.54) is 0 Å². The minimum atomic E-state index is 0.323. The summed E-state index contributed by atoms with van der Waals surface area (Å²) in [4.78, 5) is 0. The van der Waals surface area contributed by atoms with Gasteiger partial charge in [-0.3, -0.25) is 0 Å². The fourth-order valence-corrected chi connectivity index (χ4v) is 1.55. The van der Waals surface area contributed by atoms with E-state index < -0.39 is 0 Å². The van der Waals surface area contributed by atoms with Crippen LogP contribution < -0.4 is 4.74 Å². The fraction of sp³-hybridized carbons (Fsp3) is 0.125. The van der Waals surface area contributed by atoms with Gasteiger partial charge in [0.2, 0.25) is 0 Å². The maximum Gasteiger partial charge on any atom is 0.127 e. The van der Waals surface area contributed by atoms with Crippen molar-refractivity contribution in [3.8, 4) is 23.8 Å². The lowest BCUT2D eigenvalue weighted by Crippen LogP contribution is -1.93. The van der Waals surface area contributed by atoms with Gasteiger partial charge in [-0.15, -0.1) is 6.42 Å². The topological polar surface area (TPSA) is 18.5 Å². The number of terminal acetylenes is 1. The van der Waals surface area contributed by atoms with Crippen LogP contribution in [0, 0.1) is 12.3 Å². The van der Waals surface area contributed by atoms with Crippen molar-refractivity contribution in [2.75, 3.05) is 6.61 Å². The first-order chi connectivity index (χ1) is 8.88. The van der Waals surface area contributed by atoms with Crippen LogP contribution in [0.3, 0.4) is 0 Å². The largest absolute Gasteiger partial charge is 0.457 e. The predicted molar refractivity (Wildman–Crippen MR) is 71.4 cm³/mol. The Labute approximate surface area is 107 Å². The summed E-state index contributed by atoms with van der Waals surface area (Å²) < 4.78 is 11.0. The molecule has 90 valence electrons. The van der Waals surface area contributed by atoms with E-state index in [0.29, 0.717) is 13.2 Å². The predicted octanol–water partition coefficient (Wildman–Crippen LogP) is 3.63. The molecule has 2 rings (SSSR count). The van der Waals surface area contributed by atoms with Gasteiger partial charge < -0.3 is 9.47 Å². The van der Waals surface area contributed by atoms with E-state index >= 15 is 0 Å². The molecule has 0 aromatic heterocycles. The highest BCUT2D eigenvalue weighted by Crippen LogP contribution is 2.21. The number of hydrogen-bond donors (Lipinski definition) is 0. The number of rotatable bonds is 5. The van der Waals surface area contributed by atoms with Crippen molar-refractivity contribution in [2.45, 2.75) is 6.61 Å². The first kappa shape index (κ1) is 12.2. The summed E-state index contributed by atoms with van der Waals surface area (Å²) in [5.41, 5.74) is 1.04. The average molecular weight is 238 g/mol. The molecule has 0 N–H and O–H groups in total. The van der Waals surface area contributed by atoms with E-state index in [1.807, 2.05) is 54.6 Å². The van der Waals surface area contributed by atoms with Gasteiger partial charge in [0, 0.05) is 0 Å². The van der Waals surface area contributed by atoms with Gasteiger partial charge in [-0.25, -0.2) is 0 Å². The van der Waals surface area contributed by atoms with Gasteiger partial charge >= 0.3 is 0 Å². The van der Waals surface area contributed by atoms with Crippen molar-refractivity contribution in [2.24, 2.45) is 0 Å². The SMILES string of the molecule is C#CCOCc1cccc(Oc2ccccc2)c1. The van der Waals surface area contributed by atoms with Crippen LogP contribution >= 0.6 is 0 Å². The van der Waals surface area contributed by atoms with Gasteiger partial charge in [0.1, 0.15) is 18.1 Å². The molecule has 2 aromatic rings. The summed E-state index contributed by atoms with van der Waals surface area (Å²) in [7, 11) is 0. The van der Waals surface area contributed by atoms with E-state index in [-0.39, 0.29) is 0 Å². The Kier molecular flexibility index (Phi) is 4.40. The van der Waals surface area contributed by atoms with Gasteiger partial charge in [0.05, 0.1) is 6.61 Å². The maximum atomic E-state index is 5.73. The summed E-state index contributed by atoms with van der Waals surface area (Å²) in [5, 5.41) is 0. The highest BCUT2D eigenvalue weighted by molar-refractivity contribution is 5.33. The Morgan fingerprint density at radius 1 is 0.944 bits per heavy atom. The molecule has 0 radical (unpaired) electrons. The highest BCUT2D eigenvalue weighted by Gasteiger charge is 1.98. The molecule has 18 heavy (non-hydrogen) atoms. The van der Waals surface area contributed by atoms with E-state index in [0.717, 1.165) is 17.1 Å². The Morgan fingerprint density at radius 2 is 1.72 bits per heavy atom. The summed E-state index contributed by atoms with van der Waals surface area (Å²) in [6, 6.07) is 17.5. The van der Waals surface area contributed by atoms with E-state index in [4.69, 9.17) is 15.9 Å². The summed E-state index contributed by atoms with van der Waals surface area (Å²) in [6.07, 6.45) is 5.13. The Balaban J connectivity index is 2.01. The molecule has 0 bridgehead atoms. The average Bonchev–Trinajstić information content (AvgIpc) is 2.41. The Bertz CT molecular complexity index is 526. The molecule has 0 heterocycles. The van der Waals surface area contributed by atoms with Crippen molar-refractivity contribution in [1.82, 2.24) is 0 Å². The molecule has 0 aliphatic carbocycles. The maximum absolute atomic E-state index is 5.73. The molecular weight excluding hydrogens is 224 g/mol. The lowest BCUT2D eigenvalue weighted by molar-refractivity contribution is 0.153. The number of ether oxygens (including phenoxy) is 2. The minimum absolute atomic E-state index is 0.323. The second-order valence-corrected chi connectivity index (χ2v) is 3.76. The summed E-state index contributed by atoms with van der Waals surface area (Å²) in [6.45, 7) is 0.819. The van der Waals surface area contributed by atoms with Crippen LogP contribution in [0.2, 0.25) is 0 Å². The van der Waals surface area contributed by atoms with E-state index in [9.17, 15) is 0 Å². The van der Waals surface area contributed by atoms with Crippen LogP contribution in [0.4, 0.5) is 0 Å². The lowest BCUT2D eigenvalue weighted by atomic mass is 10.2. The van der Waals surface area contributed by atoms with Crippen molar-refractivity contribution >= 4 is 0 Å². The van der Waals surface area contributed by atoms with Crippen molar-refractivity contribution in [3.63, 3.8) is 0 Å². The quantitative estimate of drug-likeness (QED) is 0.585. The third-order valence-electron chi connectivity index (χ3n) is 2.33. The summed E-state index contributed by atoms with van der Waals surface area (Å²) in [5.74, 6) is 4.05. The summed E-state index contributed by atoms with van der Waals surface area (Å²) >= 11 is 0. The van der Waals surface area contributed by atoms with Crippen LogP contribution in [0.25, 0.3) is 0 Å². The fourth-order valence-electron chi connectivity index (χ4n) is 1.55. The molecule has 0 saturated heterocycles. The minimum Gasteiger partial charge on any atom is -0.457 e. The lowest BCUT2D eigenvalue weighted by Gasteiger charge is -2.07. The van der Waals surface area contributed by atoms with Crippen LogP contribution in [0.1, 0.15) is 5.56 Å². The molecule has 0 fully saturated rings. The van der Waals surface area contributed by atoms with Crippen molar-refractivity contribution in [3.05, 3.63) is 60.2 Å². The first-order valence-electron chi connectivity index (χ1n) is 5.71. The second-order valence-electron chi connectivity index (χ2n) is 3.76. The third-order valence-corrected chi connectivity index (χ3v) is 2.33.